The SMILES string of the molecule is CCC1NC2(CCCC2)C(=O)N1CCOCC1CC1. The zero-order valence-corrected chi connectivity index (χ0v) is 12.0. The summed E-state index contributed by atoms with van der Waals surface area (Å²) in [4.78, 5) is 14.7. The summed E-state index contributed by atoms with van der Waals surface area (Å²) in [6.07, 6.45) is 8.24. The molecule has 0 bridgehead atoms. The van der Waals surface area contributed by atoms with Crippen molar-refractivity contribution in [2.24, 2.45) is 5.92 Å². The molecule has 0 radical (unpaired) electrons. The first-order chi connectivity index (χ1) is 9.25. The Morgan fingerprint density at radius 2 is 2.11 bits per heavy atom. The van der Waals surface area contributed by atoms with E-state index in [2.05, 4.69) is 12.2 Å². The highest BCUT2D eigenvalue weighted by molar-refractivity contribution is 5.89. The maximum Gasteiger partial charge on any atom is 0.244 e. The second-order valence-electron chi connectivity index (χ2n) is 6.37. The van der Waals surface area contributed by atoms with E-state index in [4.69, 9.17) is 4.74 Å². The Morgan fingerprint density at radius 3 is 2.74 bits per heavy atom. The molecular formula is C15H26N2O2. The first kappa shape index (κ1) is 13.4. The van der Waals surface area contributed by atoms with Crippen LogP contribution in [0.4, 0.5) is 0 Å². The van der Waals surface area contributed by atoms with Gasteiger partial charge in [0, 0.05) is 13.2 Å². The van der Waals surface area contributed by atoms with Crippen molar-refractivity contribution < 1.29 is 9.53 Å². The van der Waals surface area contributed by atoms with Gasteiger partial charge in [-0.05, 0) is 38.0 Å². The van der Waals surface area contributed by atoms with Gasteiger partial charge in [0.2, 0.25) is 5.91 Å². The van der Waals surface area contributed by atoms with E-state index in [1.54, 1.807) is 0 Å². The molecular weight excluding hydrogens is 240 g/mol. The van der Waals surface area contributed by atoms with Crippen LogP contribution in [-0.2, 0) is 9.53 Å². The summed E-state index contributed by atoms with van der Waals surface area (Å²) in [7, 11) is 0. The third kappa shape index (κ3) is 2.65. The molecule has 1 unspecified atom stereocenters. The summed E-state index contributed by atoms with van der Waals surface area (Å²) in [5, 5.41) is 3.60. The van der Waals surface area contributed by atoms with Crippen molar-refractivity contribution >= 4 is 5.91 Å². The maximum absolute atomic E-state index is 12.6. The Hall–Kier alpha value is -0.610. The highest BCUT2D eigenvalue weighted by atomic mass is 16.5. The second kappa shape index (κ2) is 5.41. The van der Waals surface area contributed by atoms with Gasteiger partial charge in [-0.1, -0.05) is 19.8 Å². The van der Waals surface area contributed by atoms with E-state index in [1.165, 1.54) is 25.7 Å². The van der Waals surface area contributed by atoms with Crippen LogP contribution < -0.4 is 5.32 Å². The Bertz CT molecular complexity index is 335. The van der Waals surface area contributed by atoms with E-state index in [1.807, 2.05) is 4.90 Å². The predicted octanol–water partition coefficient (Wildman–Crippen LogP) is 1.89. The third-order valence-electron chi connectivity index (χ3n) is 4.86. The molecule has 108 valence electrons. The summed E-state index contributed by atoms with van der Waals surface area (Å²) in [5.74, 6) is 1.13. The Morgan fingerprint density at radius 1 is 1.37 bits per heavy atom. The molecule has 4 heteroatoms. The first-order valence-corrected chi connectivity index (χ1v) is 7.92. The van der Waals surface area contributed by atoms with Crippen molar-refractivity contribution in [3.05, 3.63) is 0 Å². The molecule has 0 aromatic carbocycles. The number of rotatable bonds is 6. The Kier molecular flexibility index (Phi) is 3.81. The van der Waals surface area contributed by atoms with Crippen LogP contribution >= 0.6 is 0 Å². The number of carbonyl (C=O) groups excluding carboxylic acids is 1. The molecule has 3 fully saturated rings. The van der Waals surface area contributed by atoms with Gasteiger partial charge in [0.15, 0.2) is 0 Å². The summed E-state index contributed by atoms with van der Waals surface area (Å²) in [5.41, 5.74) is -0.225. The first-order valence-electron chi connectivity index (χ1n) is 7.92. The monoisotopic (exact) mass is 266 g/mol. The van der Waals surface area contributed by atoms with Gasteiger partial charge in [-0.25, -0.2) is 0 Å². The number of ether oxygens (including phenoxy) is 1. The van der Waals surface area contributed by atoms with Crippen LogP contribution in [0.5, 0.6) is 0 Å². The molecule has 0 aromatic heterocycles. The van der Waals surface area contributed by atoms with Crippen LogP contribution in [0, 0.1) is 5.92 Å². The second-order valence-corrected chi connectivity index (χ2v) is 6.37. The van der Waals surface area contributed by atoms with E-state index in [0.717, 1.165) is 38.3 Å². The normalized spacial score (nSPS) is 29.6. The van der Waals surface area contributed by atoms with Crippen LogP contribution in [0.15, 0.2) is 0 Å². The zero-order valence-electron chi connectivity index (χ0n) is 12.0. The number of amides is 1. The van der Waals surface area contributed by atoms with Crippen LogP contribution in [0.25, 0.3) is 0 Å². The van der Waals surface area contributed by atoms with Gasteiger partial charge in [-0.3, -0.25) is 10.1 Å². The highest BCUT2D eigenvalue weighted by Crippen LogP contribution is 2.36. The van der Waals surface area contributed by atoms with Gasteiger partial charge in [-0.2, -0.15) is 0 Å². The number of hydrogen-bond donors (Lipinski definition) is 1. The number of hydrogen-bond acceptors (Lipinski definition) is 3. The lowest BCUT2D eigenvalue weighted by Gasteiger charge is -2.23. The number of carbonyl (C=O) groups is 1. The molecule has 2 saturated carbocycles. The van der Waals surface area contributed by atoms with Crippen molar-refractivity contribution in [3.8, 4) is 0 Å². The molecule has 0 aromatic rings. The largest absolute Gasteiger partial charge is 0.379 e. The Labute approximate surface area is 115 Å². The molecule has 3 aliphatic rings. The lowest BCUT2D eigenvalue weighted by Crippen LogP contribution is -2.44. The summed E-state index contributed by atoms with van der Waals surface area (Å²) in [6.45, 7) is 4.48. The van der Waals surface area contributed by atoms with E-state index in [-0.39, 0.29) is 11.7 Å². The number of nitrogens with zero attached hydrogens (tertiary/aromatic N) is 1. The summed E-state index contributed by atoms with van der Waals surface area (Å²) >= 11 is 0. The quantitative estimate of drug-likeness (QED) is 0.747. The standard InChI is InChI=1S/C15H26N2O2/c1-2-13-16-15(7-3-4-8-15)14(18)17(13)9-10-19-11-12-5-6-12/h12-13,16H,2-11H2,1H3. The van der Waals surface area contributed by atoms with Gasteiger partial charge in [0.1, 0.15) is 0 Å². The molecule has 1 heterocycles. The van der Waals surface area contributed by atoms with Crippen LogP contribution in [-0.4, -0.2) is 42.3 Å². The van der Waals surface area contributed by atoms with E-state index in [0.29, 0.717) is 12.5 Å². The molecule has 1 spiro atoms. The highest BCUT2D eigenvalue weighted by Gasteiger charge is 2.51. The van der Waals surface area contributed by atoms with Crippen molar-refractivity contribution in [3.63, 3.8) is 0 Å². The van der Waals surface area contributed by atoms with Gasteiger partial charge in [-0.15, -0.1) is 0 Å². The minimum Gasteiger partial charge on any atom is -0.379 e. The third-order valence-corrected chi connectivity index (χ3v) is 4.86. The van der Waals surface area contributed by atoms with Crippen LogP contribution in [0.1, 0.15) is 51.9 Å². The molecule has 3 rings (SSSR count). The van der Waals surface area contributed by atoms with Gasteiger partial charge in [0.05, 0.1) is 18.3 Å². The smallest absolute Gasteiger partial charge is 0.244 e. The van der Waals surface area contributed by atoms with Gasteiger partial charge < -0.3 is 9.64 Å². The average Bonchev–Trinajstić information content (AvgIpc) is 3.06. The molecule has 4 nitrogen and oxygen atoms in total. The fourth-order valence-corrected chi connectivity index (χ4v) is 3.49. The molecule has 19 heavy (non-hydrogen) atoms. The lowest BCUT2D eigenvalue weighted by molar-refractivity contribution is -0.133. The minimum absolute atomic E-state index is 0.218. The molecule has 1 N–H and O–H groups in total. The van der Waals surface area contributed by atoms with Crippen molar-refractivity contribution in [2.45, 2.75) is 63.6 Å². The van der Waals surface area contributed by atoms with Crippen LogP contribution in [0.3, 0.4) is 0 Å². The van der Waals surface area contributed by atoms with Crippen molar-refractivity contribution in [1.29, 1.82) is 0 Å². The van der Waals surface area contributed by atoms with Gasteiger partial charge in [0.25, 0.3) is 0 Å². The molecule has 1 amide bonds. The van der Waals surface area contributed by atoms with E-state index >= 15 is 0 Å². The molecule has 1 saturated heterocycles. The van der Waals surface area contributed by atoms with Crippen LogP contribution in [0.2, 0.25) is 0 Å². The maximum atomic E-state index is 12.6. The van der Waals surface area contributed by atoms with Crippen molar-refractivity contribution in [2.75, 3.05) is 19.8 Å². The Balaban J connectivity index is 1.53. The predicted molar refractivity (Wildman–Crippen MR) is 73.7 cm³/mol. The van der Waals surface area contributed by atoms with E-state index in [9.17, 15) is 4.79 Å². The summed E-state index contributed by atoms with van der Waals surface area (Å²) < 4.78 is 5.69. The van der Waals surface area contributed by atoms with Crippen molar-refractivity contribution in [1.82, 2.24) is 10.2 Å². The average molecular weight is 266 g/mol. The van der Waals surface area contributed by atoms with Gasteiger partial charge >= 0.3 is 0 Å². The molecule has 2 aliphatic carbocycles. The van der Waals surface area contributed by atoms with E-state index < -0.39 is 0 Å². The molecule has 1 aliphatic heterocycles. The lowest BCUT2D eigenvalue weighted by atomic mass is 9.98. The fraction of sp³-hybridized carbons (Fsp3) is 0.933. The molecule has 1 atom stereocenters. The number of nitrogens with one attached hydrogen (secondary N) is 1. The topological polar surface area (TPSA) is 41.6 Å². The zero-order chi connectivity index (χ0) is 13.3. The fourth-order valence-electron chi connectivity index (χ4n) is 3.49. The summed E-state index contributed by atoms with van der Waals surface area (Å²) in [6, 6.07) is 0. The minimum atomic E-state index is -0.225.